The third-order valence-electron chi connectivity index (χ3n) is 4.16. The van der Waals surface area contributed by atoms with Gasteiger partial charge in [0.15, 0.2) is 0 Å². The maximum Gasteiger partial charge on any atom is 0.254 e. The summed E-state index contributed by atoms with van der Waals surface area (Å²) in [5.74, 6) is -0.0880. The van der Waals surface area contributed by atoms with E-state index in [4.69, 9.17) is 4.74 Å². The third-order valence-corrected chi connectivity index (χ3v) is 4.16. The number of nitrogens with zero attached hydrogens (tertiary/aromatic N) is 2. The van der Waals surface area contributed by atoms with Crippen LogP contribution in [0.3, 0.4) is 0 Å². The van der Waals surface area contributed by atoms with Gasteiger partial charge in [-0.05, 0) is 37.5 Å². The first kappa shape index (κ1) is 16.4. The lowest BCUT2D eigenvalue weighted by Gasteiger charge is -2.32. The van der Waals surface area contributed by atoms with Crippen LogP contribution >= 0.6 is 0 Å². The number of rotatable bonds is 4. The number of ether oxygens (including phenoxy) is 1. The van der Waals surface area contributed by atoms with Gasteiger partial charge in [-0.2, -0.15) is 0 Å². The maximum absolute atomic E-state index is 12.5. The van der Waals surface area contributed by atoms with Gasteiger partial charge in [0.1, 0.15) is 0 Å². The van der Waals surface area contributed by atoms with Gasteiger partial charge in [0.25, 0.3) is 5.91 Å². The minimum absolute atomic E-state index is 0.0880. The molecule has 6 nitrogen and oxygen atoms in total. The predicted molar refractivity (Wildman–Crippen MR) is 89.8 cm³/mol. The second kappa shape index (κ2) is 7.40. The van der Waals surface area contributed by atoms with Crippen molar-refractivity contribution in [3.8, 4) is 0 Å². The van der Waals surface area contributed by atoms with Crippen LogP contribution in [0.25, 0.3) is 0 Å². The number of pyridine rings is 2. The van der Waals surface area contributed by atoms with Crippen molar-refractivity contribution in [1.82, 2.24) is 14.9 Å². The molecule has 126 valence electrons. The number of hydrogen-bond acceptors (Lipinski definition) is 4. The van der Waals surface area contributed by atoms with E-state index in [-0.39, 0.29) is 17.6 Å². The molecule has 0 radical (unpaired) electrons. The molecule has 1 saturated heterocycles. The molecule has 2 aromatic rings. The van der Waals surface area contributed by atoms with Crippen LogP contribution in [-0.4, -0.2) is 40.0 Å². The Balaban J connectivity index is 1.53. The first-order valence-corrected chi connectivity index (χ1v) is 8.12. The van der Waals surface area contributed by atoms with E-state index in [2.05, 4.69) is 9.97 Å². The van der Waals surface area contributed by atoms with Gasteiger partial charge in [-0.25, -0.2) is 0 Å². The van der Waals surface area contributed by atoms with Crippen LogP contribution in [0.5, 0.6) is 0 Å². The van der Waals surface area contributed by atoms with E-state index < -0.39 is 0 Å². The van der Waals surface area contributed by atoms with Gasteiger partial charge in [0, 0.05) is 42.8 Å². The summed E-state index contributed by atoms with van der Waals surface area (Å²) in [6.45, 7) is 3.60. The van der Waals surface area contributed by atoms with Crippen LogP contribution in [0.1, 0.15) is 34.5 Å². The standard InChI is InChI=1S/C18H21N3O3/c1-13-9-15(10-17(22)20-13)18(23)21-7-4-16(5-8-21)24-12-14-3-2-6-19-11-14/h2-3,6,9-11,16H,4-5,7-8,12H2,1H3,(H,20,22). The molecule has 0 saturated carbocycles. The van der Waals surface area contributed by atoms with Gasteiger partial charge in [-0.15, -0.1) is 0 Å². The van der Waals surface area contributed by atoms with Crippen molar-refractivity contribution >= 4 is 5.91 Å². The van der Waals surface area contributed by atoms with Crippen molar-refractivity contribution < 1.29 is 9.53 Å². The van der Waals surface area contributed by atoms with Gasteiger partial charge in [-0.3, -0.25) is 14.6 Å². The molecule has 3 heterocycles. The average Bonchev–Trinajstić information content (AvgIpc) is 2.60. The van der Waals surface area contributed by atoms with Crippen molar-refractivity contribution in [3.63, 3.8) is 0 Å². The zero-order valence-electron chi connectivity index (χ0n) is 13.7. The van der Waals surface area contributed by atoms with Crippen molar-refractivity contribution in [3.05, 3.63) is 63.8 Å². The summed E-state index contributed by atoms with van der Waals surface area (Å²) in [5.41, 5.74) is 1.95. The van der Waals surface area contributed by atoms with E-state index >= 15 is 0 Å². The Morgan fingerprint density at radius 2 is 2.17 bits per heavy atom. The van der Waals surface area contributed by atoms with E-state index in [0.717, 1.165) is 18.4 Å². The molecule has 1 amide bonds. The monoisotopic (exact) mass is 327 g/mol. The number of aromatic nitrogens is 2. The topological polar surface area (TPSA) is 75.3 Å². The van der Waals surface area contributed by atoms with Crippen LogP contribution < -0.4 is 5.56 Å². The number of likely N-dealkylation sites (tertiary alicyclic amines) is 1. The Morgan fingerprint density at radius 1 is 1.38 bits per heavy atom. The van der Waals surface area contributed by atoms with Gasteiger partial charge in [-0.1, -0.05) is 6.07 Å². The van der Waals surface area contributed by atoms with Crippen molar-refractivity contribution in [2.75, 3.05) is 13.1 Å². The number of aryl methyl sites for hydroxylation is 1. The number of aromatic amines is 1. The molecular weight excluding hydrogens is 306 g/mol. The predicted octanol–water partition coefficient (Wildman–Crippen LogP) is 1.90. The number of hydrogen-bond donors (Lipinski definition) is 1. The zero-order chi connectivity index (χ0) is 16.9. The molecule has 0 aliphatic carbocycles. The highest BCUT2D eigenvalue weighted by Crippen LogP contribution is 2.17. The van der Waals surface area contributed by atoms with Crippen LogP contribution in [-0.2, 0) is 11.3 Å². The Hall–Kier alpha value is -2.47. The number of carbonyl (C=O) groups excluding carboxylic acids is 1. The molecule has 0 spiro atoms. The Bertz CT molecular complexity index is 750. The van der Waals surface area contributed by atoms with E-state index in [1.165, 1.54) is 6.07 Å². The second-order valence-electron chi connectivity index (χ2n) is 6.08. The highest BCUT2D eigenvalue weighted by atomic mass is 16.5. The van der Waals surface area contributed by atoms with E-state index in [0.29, 0.717) is 31.0 Å². The molecule has 2 aromatic heterocycles. The number of carbonyl (C=O) groups is 1. The fourth-order valence-corrected chi connectivity index (χ4v) is 2.91. The number of piperidine rings is 1. The average molecular weight is 327 g/mol. The van der Waals surface area contributed by atoms with Gasteiger partial charge in [0.05, 0.1) is 12.7 Å². The fraction of sp³-hybridized carbons (Fsp3) is 0.389. The number of H-pyrrole nitrogens is 1. The fourth-order valence-electron chi connectivity index (χ4n) is 2.91. The normalized spacial score (nSPS) is 15.5. The van der Waals surface area contributed by atoms with Crippen LogP contribution in [0, 0.1) is 6.92 Å². The molecule has 1 N–H and O–H groups in total. The van der Waals surface area contributed by atoms with Crippen molar-refractivity contribution in [2.45, 2.75) is 32.5 Å². The van der Waals surface area contributed by atoms with E-state index in [1.807, 2.05) is 12.1 Å². The van der Waals surface area contributed by atoms with Gasteiger partial charge in [0.2, 0.25) is 5.56 Å². The molecule has 6 heteroatoms. The third kappa shape index (κ3) is 4.08. The molecule has 0 bridgehead atoms. The Kier molecular flexibility index (Phi) is 5.05. The lowest BCUT2D eigenvalue weighted by atomic mass is 10.1. The lowest BCUT2D eigenvalue weighted by Crippen LogP contribution is -2.41. The quantitative estimate of drug-likeness (QED) is 0.930. The molecule has 0 unspecified atom stereocenters. The molecule has 1 aliphatic rings. The molecule has 1 aliphatic heterocycles. The molecule has 24 heavy (non-hydrogen) atoms. The van der Waals surface area contributed by atoms with Gasteiger partial charge >= 0.3 is 0 Å². The summed E-state index contributed by atoms with van der Waals surface area (Å²) >= 11 is 0. The summed E-state index contributed by atoms with van der Waals surface area (Å²) in [4.78, 5) is 32.5. The summed E-state index contributed by atoms with van der Waals surface area (Å²) in [6.07, 6.45) is 5.29. The lowest BCUT2D eigenvalue weighted by molar-refractivity contribution is -0.000476. The zero-order valence-corrected chi connectivity index (χ0v) is 13.7. The van der Waals surface area contributed by atoms with Crippen molar-refractivity contribution in [2.24, 2.45) is 0 Å². The largest absolute Gasteiger partial charge is 0.373 e. The highest BCUT2D eigenvalue weighted by molar-refractivity contribution is 5.94. The first-order chi connectivity index (χ1) is 11.6. The first-order valence-electron chi connectivity index (χ1n) is 8.12. The summed E-state index contributed by atoms with van der Waals surface area (Å²) in [5, 5.41) is 0. The molecule has 3 rings (SSSR count). The Morgan fingerprint density at radius 3 is 2.83 bits per heavy atom. The van der Waals surface area contributed by atoms with E-state index in [1.54, 1.807) is 30.3 Å². The maximum atomic E-state index is 12.5. The molecule has 1 fully saturated rings. The molecule has 0 aromatic carbocycles. The smallest absolute Gasteiger partial charge is 0.254 e. The number of amides is 1. The van der Waals surface area contributed by atoms with Crippen LogP contribution in [0.15, 0.2) is 41.5 Å². The minimum atomic E-state index is -0.243. The SMILES string of the molecule is Cc1cc(C(=O)N2CCC(OCc3cccnc3)CC2)cc(=O)[nH]1. The molecule has 0 atom stereocenters. The number of nitrogens with one attached hydrogen (secondary N) is 1. The Labute approximate surface area is 140 Å². The van der Waals surface area contributed by atoms with Gasteiger partial charge < -0.3 is 14.6 Å². The second-order valence-corrected chi connectivity index (χ2v) is 6.08. The molecular formula is C18H21N3O3. The summed E-state index contributed by atoms with van der Waals surface area (Å²) in [7, 11) is 0. The summed E-state index contributed by atoms with van der Waals surface area (Å²) in [6, 6.07) is 6.96. The van der Waals surface area contributed by atoms with Crippen LogP contribution in [0.2, 0.25) is 0 Å². The minimum Gasteiger partial charge on any atom is -0.373 e. The van der Waals surface area contributed by atoms with Crippen LogP contribution in [0.4, 0.5) is 0 Å². The summed E-state index contributed by atoms with van der Waals surface area (Å²) < 4.78 is 5.91. The van der Waals surface area contributed by atoms with Crippen molar-refractivity contribution in [1.29, 1.82) is 0 Å². The van der Waals surface area contributed by atoms with E-state index in [9.17, 15) is 9.59 Å². The highest BCUT2D eigenvalue weighted by Gasteiger charge is 2.24.